The number of aromatic nitrogens is 1. The summed E-state index contributed by atoms with van der Waals surface area (Å²) in [7, 11) is 0. The van der Waals surface area contributed by atoms with Crippen LogP contribution in [0.15, 0.2) is 133 Å². The van der Waals surface area contributed by atoms with Gasteiger partial charge < -0.3 is 20.7 Å². The fraction of sp³-hybridized carbons (Fsp3) is 0.122. The molecule has 6 nitrogen and oxygen atoms in total. The van der Waals surface area contributed by atoms with Gasteiger partial charge in [0.25, 0.3) is 5.91 Å². The third-order valence-corrected chi connectivity index (χ3v) is 11.2. The van der Waals surface area contributed by atoms with Crippen molar-refractivity contribution in [3.63, 3.8) is 0 Å². The van der Waals surface area contributed by atoms with Crippen LogP contribution in [-0.2, 0) is 13.1 Å². The SMILES string of the molecule is CC(C)COc1cc(C(=O)NCc2ccc3ccc4cccc5ccc2c3c45)nc2c(NC(=S)NCc3ccc4ccc5cccc6ccc3c4c56)cccc12. The van der Waals surface area contributed by atoms with Crippen molar-refractivity contribution in [2.75, 3.05) is 11.9 Å². The van der Waals surface area contributed by atoms with Gasteiger partial charge in [-0.05, 0) is 106 Å². The Morgan fingerprint density at radius 2 is 1.11 bits per heavy atom. The van der Waals surface area contributed by atoms with Crippen LogP contribution in [0.2, 0.25) is 0 Å². The van der Waals surface area contributed by atoms with Crippen molar-refractivity contribution >= 4 is 104 Å². The molecule has 0 fully saturated rings. The maximum absolute atomic E-state index is 14.0. The van der Waals surface area contributed by atoms with Crippen molar-refractivity contribution in [1.29, 1.82) is 0 Å². The van der Waals surface area contributed by atoms with E-state index in [1.165, 1.54) is 59.2 Å². The summed E-state index contributed by atoms with van der Waals surface area (Å²) in [5.74, 6) is 0.618. The van der Waals surface area contributed by atoms with Gasteiger partial charge in [0, 0.05) is 24.5 Å². The zero-order valence-corrected chi connectivity index (χ0v) is 31.9. The Labute approximate surface area is 329 Å². The van der Waals surface area contributed by atoms with E-state index in [9.17, 15) is 4.79 Å². The molecule has 10 aromatic rings. The van der Waals surface area contributed by atoms with E-state index in [1.54, 1.807) is 6.07 Å². The number of carbonyl (C=O) groups excluding carboxylic acids is 1. The fourth-order valence-electron chi connectivity index (χ4n) is 8.32. The lowest BCUT2D eigenvalue weighted by Crippen LogP contribution is -2.28. The predicted molar refractivity (Wildman–Crippen MR) is 237 cm³/mol. The van der Waals surface area contributed by atoms with Crippen molar-refractivity contribution in [2.24, 2.45) is 5.92 Å². The quantitative estimate of drug-likeness (QED) is 0.101. The third kappa shape index (κ3) is 5.83. The van der Waals surface area contributed by atoms with Crippen LogP contribution in [-0.4, -0.2) is 22.6 Å². The Kier molecular flexibility index (Phi) is 8.26. The van der Waals surface area contributed by atoms with Gasteiger partial charge in [-0.1, -0.05) is 129 Å². The molecule has 9 aromatic carbocycles. The van der Waals surface area contributed by atoms with Gasteiger partial charge in [0.2, 0.25) is 0 Å². The summed E-state index contributed by atoms with van der Waals surface area (Å²) in [6, 6.07) is 46.5. The lowest BCUT2D eigenvalue weighted by Gasteiger charge is -2.17. The second-order valence-corrected chi connectivity index (χ2v) is 15.5. The van der Waals surface area contributed by atoms with Crippen LogP contribution in [0.3, 0.4) is 0 Å². The molecule has 0 radical (unpaired) electrons. The Hall–Kier alpha value is -6.57. The highest BCUT2D eigenvalue weighted by atomic mass is 32.1. The molecule has 0 aliphatic heterocycles. The van der Waals surface area contributed by atoms with Crippen LogP contribution < -0.4 is 20.7 Å². The Bertz CT molecular complexity index is 3120. The molecule has 0 unspecified atom stereocenters. The summed E-state index contributed by atoms with van der Waals surface area (Å²) in [5, 5.41) is 25.9. The number of anilines is 1. The third-order valence-electron chi connectivity index (χ3n) is 11.0. The largest absolute Gasteiger partial charge is 0.493 e. The van der Waals surface area contributed by atoms with Crippen LogP contribution >= 0.6 is 12.2 Å². The van der Waals surface area contributed by atoms with Crippen molar-refractivity contribution in [1.82, 2.24) is 15.6 Å². The van der Waals surface area contributed by atoms with E-state index in [-0.39, 0.29) is 11.6 Å². The number of pyridine rings is 1. The zero-order valence-electron chi connectivity index (χ0n) is 31.1. The van der Waals surface area contributed by atoms with E-state index in [1.807, 2.05) is 18.2 Å². The van der Waals surface area contributed by atoms with Crippen molar-refractivity contribution in [3.05, 3.63) is 150 Å². The number of rotatable bonds is 9. The summed E-state index contributed by atoms with van der Waals surface area (Å²) >= 11 is 5.87. The fourth-order valence-corrected chi connectivity index (χ4v) is 8.50. The van der Waals surface area contributed by atoms with E-state index >= 15 is 0 Å². The Morgan fingerprint density at radius 1 is 0.607 bits per heavy atom. The molecule has 0 saturated carbocycles. The van der Waals surface area contributed by atoms with E-state index < -0.39 is 0 Å². The number of hydrogen-bond acceptors (Lipinski definition) is 4. The molecular weight excluding hydrogens is 709 g/mol. The molecule has 7 heteroatoms. The van der Waals surface area contributed by atoms with Gasteiger partial charge in [0.1, 0.15) is 11.4 Å². The molecule has 1 amide bonds. The molecule has 0 aliphatic rings. The van der Waals surface area contributed by atoms with Gasteiger partial charge >= 0.3 is 0 Å². The minimum atomic E-state index is -0.281. The topological polar surface area (TPSA) is 75.3 Å². The van der Waals surface area contributed by atoms with E-state index in [0.717, 1.165) is 21.9 Å². The summed E-state index contributed by atoms with van der Waals surface area (Å²) in [4.78, 5) is 18.9. The first kappa shape index (κ1) is 34.0. The van der Waals surface area contributed by atoms with Crippen LogP contribution in [0.1, 0.15) is 35.5 Å². The molecular formula is C49H38N4O2S. The molecule has 10 rings (SSSR count). The molecule has 1 heterocycles. The highest BCUT2D eigenvalue weighted by Crippen LogP contribution is 2.38. The number of benzene rings is 9. The molecule has 0 saturated heterocycles. The number of nitrogens with zero attached hydrogens (tertiary/aromatic N) is 1. The van der Waals surface area contributed by atoms with E-state index in [4.69, 9.17) is 21.9 Å². The van der Waals surface area contributed by atoms with E-state index in [0.29, 0.717) is 47.7 Å². The zero-order chi connectivity index (χ0) is 37.9. The van der Waals surface area contributed by atoms with Gasteiger partial charge in [-0.15, -0.1) is 0 Å². The lowest BCUT2D eigenvalue weighted by molar-refractivity contribution is 0.0946. The first-order valence-corrected chi connectivity index (χ1v) is 19.5. The molecule has 3 N–H and O–H groups in total. The molecule has 0 aliphatic carbocycles. The Balaban J connectivity index is 0.930. The summed E-state index contributed by atoms with van der Waals surface area (Å²) in [5.41, 5.74) is 3.77. The molecule has 0 bridgehead atoms. The number of thiocarbonyl (C=S) groups is 1. The number of amides is 1. The minimum Gasteiger partial charge on any atom is -0.493 e. The highest BCUT2D eigenvalue weighted by molar-refractivity contribution is 7.80. The summed E-state index contributed by atoms with van der Waals surface area (Å²) in [6.07, 6.45) is 0. The second-order valence-electron chi connectivity index (χ2n) is 15.1. The smallest absolute Gasteiger partial charge is 0.270 e. The normalized spacial score (nSPS) is 11.9. The van der Waals surface area contributed by atoms with Crippen LogP contribution in [0.5, 0.6) is 5.75 Å². The maximum Gasteiger partial charge on any atom is 0.270 e. The average molecular weight is 747 g/mol. The number of nitrogens with one attached hydrogen (secondary N) is 3. The molecule has 0 atom stereocenters. The second kappa shape index (κ2) is 13.6. The van der Waals surface area contributed by atoms with Gasteiger partial charge in [0.15, 0.2) is 5.11 Å². The van der Waals surface area contributed by atoms with Crippen LogP contribution in [0.25, 0.3) is 75.5 Å². The monoisotopic (exact) mass is 746 g/mol. The first-order valence-electron chi connectivity index (χ1n) is 19.1. The van der Waals surface area contributed by atoms with E-state index in [2.05, 4.69) is 139 Å². The van der Waals surface area contributed by atoms with Gasteiger partial charge in [-0.25, -0.2) is 4.98 Å². The molecule has 0 spiro atoms. The first-order chi connectivity index (χ1) is 27.4. The number of hydrogen-bond donors (Lipinski definition) is 3. The average Bonchev–Trinajstić information content (AvgIpc) is 3.22. The standard InChI is InChI=1S/C49H38N4O2S/c1-28(2)27-55-42-24-41(48(54)50-25-35-18-16-33-14-12-29-6-3-8-31-20-22-37(35)45(33)43(29)31)52-47-39(42)10-5-11-40(47)53-49(56)51-26-36-19-17-34-15-13-30-7-4-9-32-21-23-38(36)46(34)44(30)32/h3-24,28H,25-27H2,1-2H3,(H,50,54)(H2,51,53,56). The van der Waals surface area contributed by atoms with Gasteiger partial charge in [0.05, 0.1) is 17.8 Å². The lowest BCUT2D eigenvalue weighted by atomic mass is 9.92. The summed E-state index contributed by atoms with van der Waals surface area (Å²) < 4.78 is 6.32. The number of ether oxygens (including phenoxy) is 1. The highest BCUT2D eigenvalue weighted by Gasteiger charge is 2.18. The number of para-hydroxylation sites is 1. The minimum absolute atomic E-state index is 0.274. The molecule has 56 heavy (non-hydrogen) atoms. The Morgan fingerprint density at radius 3 is 1.68 bits per heavy atom. The number of fused-ring (bicyclic) bond motifs is 1. The molecule has 1 aromatic heterocycles. The van der Waals surface area contributed by atoms with Crippen LogP contribution in [0.4, 0.5) is 5.69 Å². The number of carbonyl (C=O) groups is 1. The van der Waals surface area contributed by atoms with Gasteiger partial charge in [-0.3, -0.25) is 4.79 Å². The van der Waals surface area contributed by atoms with Gasteiger partial charge in [-0.2, -0.15) is 0 Å². The van der Waals surface area contributed by atoms with Crippen molar-refractivity contribution in [3.8, 4) is 5.75 Å². The predicted octanol–water partition coefficient (Wildman–Crippen LogP) is 11.5. The van der Waals surface area contributed by atoms with Crippen molar-refractivity contribution in [2.45, 2.75) is 26.9 Å². The summed E-state index contributed by atoms with van der Waals surface area (Å²) in [6.45, 7) is 5.60. The molecule has 272 valence electrons. The maximum atomic E-state index is 14.0. The van der Waals surface area contributed by atoms with Crippen molar-refractivity contribution < 1.29 is 9.53 Å². The van der Waals surface area contributed by atoms with Crippen LogP contribution in [0, 0.1) is 5.92 Å².